The second-order valence-electron chi connectivity index (χ2n) is 5.91. The number of nitrogens with one attached hydrogen (secondary N) is 3. The number of alkyl halides is 1. The van der Waals surface area contributed by atoms with Crippen LogP contribution >= 0.6 is 11.3 Å². The molecule has 0 saturated heterocycles. The van der Waals surface area contributed by atoms with E-state index in [0.717, 1.165) is 5.56 Å². The van der Waals surface area contributed by atoms with Crippen LogP contribution in [0.1, 0.15) is 35.3 Å². The lowest BCUT2D eigenvalue weighted by Crippen LogP contribution is -2.43. The van der Waals surface area contributed by atoms with Gasteiger partial charge in [-0.1, -0.05) is 24.3 Å². The average Bonchev–Trinajstić information content (AvgIpc) is 3.18. The lowest BCUT2D eigenvalue weighted by atomic mass is 9.92. The second kappa shape index (κ2) is 7.76. The fraction of sp³-hybridized carbons (Fsp3) is 0.278. The molecule has 3 N–H and O–H groups in total. The molecule has 26 heavy (non-hydrogen) atoms. The third kappa shape index (κ3) is 3.51. The van der Waals surface area contributed by atoms with Gasteiger partial charge in [0.1, 0.15) is 16.9 Å². The van der Waals surface area contributed by atoms with Crippen LogP contribution in [-0.2, 0) is 4.79 Å². The summed E-state index contributed by atoms with van der Waals surface area (Å²) in [6.45, 7) is 1.80. The zero-order valence-corrected chi connectivity index (χ0v) is 15.3. The number of hydrogen-bond donors (Lipinski definition) is 3. The molecule has 3 rings (SSSR count). The summed E-state index contributed by atoms with van der Waals surface area (Å²) in [5.41, 5.74) is 7.35. The minimum atomic E-state index is -1.25. The highest BCUT2D eigenvalue weighted by molar-refractivity contribution is 7.10. The molecule has 6 nitrogen and oxygen atoms in total. The van der Waals surface area contributed by atoms with Crippen molar-refractivity contribution in [2.45, 2.75) is 19.1 Å². The summed E-state index contributed by atoms with van der Waals surface area (Å²) >= 11 is 1.39. The summed E-state index contributed by atoms with van der Waals surface area (Å²) in [5.74, 6) is -0.512. The van der Waals surface area contributed by atoms with Crippen LogP contribution in [0.2, 0.25) is 0 Å². The molecule has 0 bridgehead atoms. The smallest absolute Gasteiger partial charge is 0.272 e. The van der Waals surface area contributed by atoms with Gasteiger partial charge in [-0.2, -0.15) is 0 Å². The lowest BCUT2D eigenvalue weighted by molar-refractivity contribution is -0.127. The number of carbonyl (C=O) groups is 1. The highest BCUT2D eigenvalue weighted by Crippen LogP contribution is 2.36. The standard InChI is InChI=1S/C18H20FN5OS/c1-11-12-5-3-4-6-13(12)14(19)10-24(11)18(25)15(20)9-16(23-21-2)17-22-7-8-26-17/h3-9,11,14,20-21,23H,10H2,1-2H3/b16-9-,20-15?/t11-,14?/m1/s1. The van der Waals surface area contributed by atoms with Gasteiger partial charge in [0.25, 0.3) is 5.91 Å². The van der Waals surface area contributed by atoms with Crippen LogP contribution in [0.5, 0.6) is 0 Å². The predicted octanol–water partition coefficient (Wildman–Crippen LogP) is 2.84. The van der Waals surface area contributed by atoms with Gasteiger partial charge in [0, 0.05) is 18.6 Å². The summed E-state index contributed by atoms with van der Waals surface area (Å²) in [6.07, 6.45) is 1.81. The van der Waals surface area contributed by atoms with Gasteiger partial charge >= 0.3 is 0 Å². The van der Waals surface area contributed by atoms with Gasteiger partial charge < -0.3 is 10.3 Å². The van der Waals surface area contributed by atoms with Crippen molar-refractivity contribution in [1.29, 1.82) is 5.41 Å². The zero-order valence-electron chi connectivity index (χ0n) is 14.5. The van der Waals surface area contributed by atoms with Gasteiger partial charge in [0.2, 0.25) is 0 Å². The van der Waals surface area contributed by atoms with Crippen LogP contribution in [0, 0.1) is 5.41 Å². The van der Waals surface area contributed by atoms with E-state index in [9.17, 15) is 9.18 Å². The van der Waals surface area contributed by atoms with Crippen molar-refractivity contribution in [2.75, 3.05) is 13.6 Å². The largest absolute Gasteiger partial charge is 0.327 e. The first-order valence-corrected chi connectivity index (χ1v) is 9.07. The van der Waals surface area contributed by atoms with Crippen molar-refractivity contribution in [2.24, 2.45) is 0 Å². The van der Waals surface area contributed by atoms with Gasteiger partial charge in [-0.3, -0.25) is 10.2 Å². The first kappa shape index (κ1) is 18.2. The van der Waals surface area contributed by atoms with Gasteiger partial charge in [0.15, 0.2) is 0 Å². The number of fused-ring (bicyclic) bond motifs is 1. The molecule has 1 aliphatic rings. The van der Waals surface area contributed by atoms with E-state index in [1.165, 1.54) is 22.3 Å². The maximum Gasteiger partial charge on any atom is 0.272 e. The summed E-state index contributed by atoms with van der Waals surface area (Å²) in [5, 5.41) is 10.7. The SMILES string of the molecule is CNN/C(=C\C(=N)C(=O)N1CC(F)c2ccccc2[C@H]1C)c1nccs1. The van der Waals surface area contributed by atoms with Crippen LogP contribution in [0.15, 0.2) is 41.9 Å². The number of rotatable bonds is 5. The van der Waals surface area contributed by atoms with E-state index in [-0.39, 0.29) is 18.3 Å². The Morgan fingerprint density at radius 2 is 2.15 bits per heavy atom. The summed E-state index contributed by atoms with van der Waals surface area (Å²) in [4.78, 5) is 18.4. The van der Waals surface area contributed by atoms with Gasteiger partial charge in [-0.15, -0.1) is 11.3 Å². The summed E-state index contributed by atoms with van der Waals surface area (Å²) in [7, 11) is 1.68. The zero-order chi connectivity index (χ0) is 18.7. The van der Waals surface area contributed by atoms with Gasteiger partial charge in [-0.25, -0.2) is 14.8 Å². The third-order valence-electron chi connectivity index (χ3n) is 4.31. The molecule has 8 heteroatoms. The van der Waals surface area contributed by atoms with Crippen molar-refractivity contribution >= 4 is 28.7 Å². The molecule has 1 unspecified atom stereocenters. The van der Waals surface area contributed by atoms with Crippen LogP contribution in [0.4, 0.5) is 4.39 Å². The molecule has 1 aliphatic heterocycles. The fourth-order valence-corrected chi connectivity index (χ4v) is 3.64. The molecular formula is C18H20FN5OS. The number of halogens is 1. The highest BCUT2D eigenvalue weighted by atomic mass is 32.1. The number of thiazole rings is 1. The van der Waals surface area contributed by atoms with E-state index in [1.807, 2.05) is 24.4 Å². The van der Waals surface area contributed by atoms with Crippen molar-refractivity contribution in [1.82, 2.24) is 20.7 Å². The average molecular weight is 373 g/mol. The summed E-state index contributed by atoms with van der Waals surface area (Å²) in [6, 6.07) is 6.92. The Hall–Kier alpha value is -2.58. The maximum atomic E-state index is 14.5. The third-order valence-corrected chi connectivity index (χ3v) is 5.12. The quantitative estimate of drug-likeness (QED) is 0.556. The Morgan fingerprint density at radius 1 is 1.42 bits per heavy atom. The molecule has 1 amide bonds. The Labute approximate surface area is 155 Å². The van der Waals surface area contributed by atoms with Crippen molar-refractivity contribution in [3.8, 4) is 0 Å². The van der Waals surface area contributed by atoms with E-state index >= 15 is 0 Å². The number of benzene rings is 1. The van der Waals surface area contributed by atoms with E-state index < -0.39 is 12.1 Å². The molecule has 136 valence electrons. The fourth-order valence-electron chi connectivity index (χ4n) is 3.04. The molecule has 0 fully saturated rings. The monoisotopic (exact) mass is 373 g/mol. The Bertz CT molecular complexity index is 836. The number of nitrogens with zero attached hydrogens (tertiary/aromatic N) is 2. The minimum absolute atomic E-state index is 0.0563. The molecule has 0 spiro atoms. The topological polar surface area (TPSA) is 81.1 Å². The van der Waals surface area contributed by atoms with E-state index in [1.54, 1.807) is 25.4 Å². The second-order valence-corrected chi connectivity index (χ2v) is 6.81. The first-order valence-electron chi connectivity index (χ1n) is 8.19. The van der Waals surface area contributed by atoms with Gasteiger partial charge in [-0.05, 0) is 24.1 Å². The van der Waals surface area contributed by atoms with E-state index in [4.69, 9.17) is 5.41 Å². The van der Waals surface area contributed by atoms with Crippen LogP contribution in [0.3, 0.4) is 0 Å². The Balaban J connectivity index is 1.85. The molecule has 1 aromatic carbocycles. The van der Waals surface area contributed by atoms with E-state index in [0.29, 0.717) is 16.3 Å². The molecular weight excluding hydrogens is 353 g/mol. The molecule has 2 atom stereocenters. The van der Waals surface area contributed by atoms with Crippen molar-refractivity contribution in [3.63, 3.8) is 0 Å². The van der Waals surface area contributed by atoms with Gasteiger partial charge in [0.05, 0.1) is 18.3 Å². The molecule has 1 aromatic heterocycles. The van der Waals surface area contributed by atoms with Crippen molar-refractivity contribution < 1.29 is 9.18 Å². The molecule has 2 heterocycles. The summed E-state index contributed by atoms with van der Waals surface area (Å²) < 4.78 is 14.5. The highest BCUT2D eigenvalue weighted by Gasteiger charge is 2.34. The number of hydrazine groups is 1. The van der Waals surface area contributed by atoms with E-state index in [2.05, 4.69) is 15.8 Å². The number of amides is 1. The number of aromatic nitrogens is 1. The van der Waals surface area contributed by atoms with Crippen LogP contribution < -0.4 is 10.9 Å². The minimum Gasteiger partial charge on any atom is -0.327 e. The molecule has 0 aliphatic carbocycles. The number of carbonyl (C=O) groups excluding carboxylic acids is 1. The van der Waals surface area contributed by atoms with Crippen LogP contribution in [-0.4, -0.2) is 35.1 Å². The lowest BCUT2D eigenvalue weighted by Gasteiger charge is -2.36. The molecule has 2 aromatic rings. The predicted molar refractivity (Wildman–Crippen MR) is 100 cm³/mol. The normalized spacial score (nSPS) is 19.8. The first-order chi connectivity index (χ1) is 12.5. The van der Waals surface area contributed by atoms with Crippen molar-refractivity contribution in [3.05, 3.63) is 58.1 Å². The maximum absolute atomic E-state index is 14.5. The Kier molecular flexibility index (Phi) is 5.43. The molecule has 0 radical (unpaired) electrons. The molecule has 0 saturated carbocycles. The van der Waals surface area contributed by atoms with Crippen LogP contribution in [0.25, 0.3) is 5.70 Å². The number of hydrogen-bond acceptors (Lipinski definition) is 6. The Morgan fingerprint density at radius 3 is 2.81 bits per heavy atom.